The highest BCUT2D eigenvalue weighted by Crippen LogP contribution is 2.12. The quantitative estimate of drug-likeness (QED) is 0.596. The number of alkyl carbamates (subject to hydrolysis) is 1. The van der Waals surface area contributed by atoms with Gasteiger partial charge >= 0.3 is 12.1 Å². The second kappa shape index (κ2) is 8.36. The van der Waals surface area contributed by atoms with Crippen LogP contribution in [0.5, 0.6) is 0 Å². The number of ether oxygens (including phenoxy) is 2. The van der Waals surface area contributed by atoms with Gasteiger partial charge in [-0.3, -0.25) is 4.79 Å². The third-order valence-electron chi connectivity index (χ3n) is 2.24. The monoisotopic (exact) mass is 335 g/mol. The van der Waals surface area contributed by atoms with E-state index in [9.17, 15) is 14.4 Å². The Bertz CT molecular complexity index is 409. The fourth-order valence-electron chi connectivity index (χ4n) is 1.44. The van der Waals surface area contributed by atoms with Crippen LogP contribution in [0.15, 0.2) is 0 Å². The zero-order valence-electron chi connectivity index (χ0n) is 14.1. The molecular formula is C15H26ClNO5. The van der Waals surface area contributed by atoms with Crippen molar-refractivity contribution in [2.75, 3.05) is 5.88 Å². The lowest BCUT2D eigenvalue weighted by molar-refractivity contribution is -0.157. The topological polar surface area (TPSA) is 81.7 Å². The Hall–Kier alpha value is -1.30. The highest BCUT2D eigenvalue weighted by Gasteiger charge is 2.28. The van der Waals surface area contributed by atoms with Crippen molar-refractivity contribution in [1.82, 2.24) is 5.32 Å². The average Bonchev–Trinajstić information content (AvgIpc) is 2.29. The zero-order chi connectivity index (χ0) is 17.6. The second-order valence-electron chi connectivity index (χ2n) is 6.94. The van der Waals surface area contributed by atoms with E-state index in [0.29, 0.717) is 0 Å². The van der Waals surface area contributed by atoms with Gasteiger partial charge in [-0.05, 0) is 48.0 Å². The Morgan fingerprint density at radius 3 is 1.91 bits per heavy atom. The van der Waals surface area contributed by atoms with E-state index in [1.165, 1.54) is 0 Å². The number of halogens is 1. The summed E-state index contributed by atoms with van der Waals surface area (Å²) >= 11 is 5.44. The van der Waals surface area contributed by atoms with Crippen LogP contribution in [0.4, 0.5) is 4.79 Å². The van der Waals surface area contributed by atoms with Gasteiger partial charge in [-0.25, -0.2) is 9.59 Å². The smallest absolute Gasteiger partial charge is 0.408 e. The maximum Gasteiger partial charge on any atom is 0.408 e. The molecule has 0 aromatic heterocycles. The van der Waals surface area contributed by atoms with Crippen LogP contribution in [0.1, 0.15) is 54.4 Å². The van der Waals surface area contributed by atoms with Crippen molar-refractivity contribution < 1.29 is 23.9 Å². The molecule has 0 bridgehead atoms. The number of nitrogens with one attached hydrogen (secondary N) is 1. The molecule has 0 spiro atoms. The van der Waals surface area contributed by atoms with Gasteiger partial charge in [-0.15, -0.1) is 11.6 Å². The number of Topliss-reactive ketones (excluding diaryl/α,β-unsaturated/α-hetero) is 1. The van der Waals surface area contributed by atoms with Gasteiger partial charge in [0.15, 0.2) is 0 Å². The minimum atomic E-state index is -0.957. The molecule has 0 aliphatic heterocycles. The summed E-state index contributed by atoms with van der Waals surface area (Å²) < 4.78 is 10.4. The molecule has 6 nitrogen and oxygen atoms in total. The number of rotatable bonds is 6. The molecular weight excluding hydrogens is 310 g/mol. The maximum atomic E-state index is 12.1. The number of amides is 1. The van der Waals surface area contributed by atoms with Gasteiger partial charge in [0.05, 0.1) is 5.88 Å². The Morgan fingerprint density at radius 1 is 1.00 bits per heavy atom. The van der Waals surface area contributed by atoms with E-state index in [1.54, 1.807) is 41.5 Å². The van der Waals surface area contributed by atoms with E-state index < -0.39 is 29.3 Å². The first kappa shape index (κ1) is 20.7. The summed E-state index contributed by atoms with van der Waals surface area (Å²) in [5.41, 5.74) is -1.38. The first-order chi connectivity index (χ1) is 9.84. The Balaban J connectivity index is 4.81. The predicted octanol–water partition coefficient (Wildman–Crippen LogP) is 2.81. The van der Waals surface area contributed by atoms with Crippen LogP contribution in [-0.2, 0) is 19.1 Å². The van der Waals surface area contributed by atoms with Crippen molar-refractivity contribution in [3.05, 3.63) is 0 Å². The summed E-state index contributed by atoms with van der Waals surface area (Å²) in [6.07, 6.45) is -0.551. The van der Waals surface area contributed by atoms with Gasteiger partial charge < -0.3 is 14.8 Å². The molecule has 128 valence electrons. The molecule has 0 aromatic carbocycles. The lowest BCUT2D eigenvalue weighted by atomic mass is 10.1. The maximum absolute atomic E-state index is 12.1. The molecule has 0 saturated carbocycles. The molecule has 0 aliphatic rings. The normalized spacial score (nSPS) is 13.2. The summed E-state index contributed by atoms with van der Waals surface area (Å²) in [5.74, 6) is -0.949. The van der Waals surface area contributed by atoms with Crippen molar-refractivity contribution >= 4 is 29.4 Å². The molecule has 1 atom stereocenters. The van der Waals surface area contributed by atoms with E-state index in [0.717, 1.165) is 0 Å². The number of hydrogen-bond acceptors (Lipinski definition) is 5. The molecule has 0 saturated heterocycles. The minimum Gasteiger partial charge on any atom is -0.458 e. The number of hydrogen-bond donors (Lipinski definition) is 1. The molecule has 0 heterocycles. The van der Waals surface area contributed by atoms with Crippen LogP contribution in [0.25, 0.3) is 0 Å². The Morgan fingerprint density at radius 2 is 1.50 bits per heavy atom. The molecule has 0 radical (unpaired) electrons. The summed E-state index contributed by atoms with van der Waals surface area (Å²) in [5, 5.41) is 2.44. The fourth-order valence-corrected chi connectivity index (χ4v) is 1.58. The standard InChI is InChI=1S/C15H26ClNO5/c1-14(2,3)21-12(19)11(8-7-10(18)9-16)17-13(20)22-15(4,5)6/h11H,7-9H2,1-6H3,(H,17,20)/t11-/m1/s1. The van der Waals surface area contributed by atoms with Crippen molar-refractivity contribution in [3.8, 4) is 0 Å². The Kier molecular flexibility index (Phi) is 7.87. The lowest BCUT2D eigenvalue weighted by Crippen LogP contribution is -2.46. The minimum absolute atomic E-state index is 0.0726. The van der Waals surface area contributed by atoms with Gasteiger partial charge in [0.2, 0.25) is 0 Å². The van der Waals surface area contributed by atoms with Crippen LogP contribution >= 0.6 is 11.6 Å². The fraction of sp³-hybridized carbons (Fsp3) is 0.800. The Labute approximate surface area is 136 Å². The number of esters is 1. The molecule has 7 heteroatoms. The highest BCUT2D eigenvalue weighted by molar-refractivity contribution is 6.27. The van der Waals surface area contributed by atoms with Gasteiger partial charge in [0, 0.05) is 6.42 Å². The van der Waals surface area contributed by atoms with Crippen LogP contribution < -0.4 is 5.32 Å². The SMILES string of the molecule is CC(C)(C)OC(=O)N[C@H](CCC(=O)CCl)C(=O)OC(C)(C)C. The summed E-state index contributed by atoms with van der Waals surface area (Å²) in [7, 11) is 0. The number of alkyl halides is 1. The van der Waals surface area contributed by atoms with Crippen LogP contribution in [0, 0.1) is 0 Å². The molecule has 22 heavy (non-hydrogen) atoms. The predicted molar refractivity (Wildman–Crippen MR) is 84.0 cm³/mol. The molecule has 1 amide bonds. The van der Waals surface area contributed by atoms with Gasteiger partial charge in [0.1, 0.15) is 23.0 Å². The molecule has 0 aromatic rings. The van der Waals surface area contributed by atoms with Crippen molar-refractivity contribution in [1.29, 1.82) is 0 Å². The van der Waals surface area contributed by atoms with E-state index in [2.05, 4.69) is 5.32 Å². The summed E-state index contributed by atoms with van der Waals surface area (Å²) in [4.78, 5) is 35.2. The van der Waals surface area contributed by atoms with E-state index in [1.807, 2.05) is 0 Å². The molecule has 0 rings (SSSR count). The lowest BCUT2D eigenvalue weighted by Gasteiger charge is -2.26. The van der Waals surface area contributed by atoms with E-state index in [-0.39, 0.29) is 24.5 Å². The van der Waals surface area contributed by atoms with Crippen LogP contribution in [0.2, 0.25) is 0 Å². The largest absolute Gasteiger partial charge is 0.458 e. The third-order valence-corrected chi connectivity index (χ3v) is 2.54. The zero-order valence-corrected chi connectivity index (χ0v) is 14.9. The van der Waals surface area contributed by atoms with Gasteiger partial charge in [-0.2, -0.15) is 0 Å². The molecule has 0 unspecified atom stereocenters. The number of ketones is 1. The summed E-state index contributed by atoms with van der Waals surface area (Å²) in [6.45, 7) is 10.3. The second-order valence-corrected chi connectivity index (χ2v) is 7.21. The first-order valence-corrected chi connectivity index (χ1v) is 7.67. The van der Waals surface area contributed by atoms with E-state index in [4.69, 9.17) is 21.1 Å². The summed E-state index contributed by atoms with van der Waals surface area (Å²) in [6, 6.07) is -0.957. The number of carbonyl (C=O) groups excluding carboxylic acids is 3. The molecule has 1 N–H and O–H groups in total. The van der Waals surface area contributed by atoms with Crippen LogP contribution in [0.3, 0.4) is 0 Å². The highest BCUT2D eigenvalue weighted by atomic mass is 35.5. The molecule has 0 aliphatic carbocycles. The first-order valence-electron chi connectivity index (χ1n) is 7.14. The van der Waals surface area contributed by atoms with E-state index >= 15 is 0 Å². The van der Waals surface area contributed by atoms with Gasteiger partial charge in [0.25, 0.3) is 0 Å². The van der Waals surface area contributed by atoms with Crippen LogP contribution in [-0.4, -0.2) is 41.0 Å². The molecule has 0 fully saturated rings. The van der Waals surface area contributed by atoms with Crippen molar-refractivity contribution in [3.63, 3.8) is 0 Å². The third kappa shape index (κ3) is 10.4. The van der Waals surface area contributed by atoms with Crippen molar-refractivity contribution in [2.45, 2.75) is 71.6 Å². The average molecular weight is 336 g/mol. The number of carbonyl (C=O) groups is 3. The van der Waals surface area contributed by atoms with Gasteiger partial charge in [-0.1, -0.05) is 0 Å². The van der Waals surface area contributed by atoms with Crippen molar-refractivity contribution in [2.24, 2.45) is 0 Å².